The van der Waals surface area contributed by atoms with Crippen molar-refractivity contribution < 1.29 is 9.53 Å². The van der Waals surface area contributed by atoms with Gasteiger partial charge < -0.3 is 10.1 Å². The molecule has 0 spiro atoms. The second-order valence-electron chi connectivity index (χ2n) is 3.76. The van der Waals surface area contributed by atoms with Gasteiger partial charge in [0.2, 0.25) is 0 Å². The molecule has 2 heterocycles. The Hall–Kier alpha value is -1.14. The lowest BCUT2D eigenvalue weighted by Gasteiger charge is -2.11. The van der Waals surface area contributed by atoms with Gasteiger partial charge in [0.25, 0.3) is 0 Å². The van der Waals surface area contributed by atoms with Crippen LogP contribution in [-0.4, -0.2) is 23.8 Å². The van der Waals surface area contributed by atoms with Crippen molar-refractivity contribution >= 4 is 22.5 Å². The zero-order chi connectivity index (χ0) is 11.5. The second-order valence-corrected chi connectivity index (χ2v) is 4.96. The summed E-state index contributed by atoms with van der Waals surface area (Å²) < 4.78 is 5.30. The molecule has 1 aromatic rings. The summed E-state index contributed by atoms with van der Waals surface area (Å²) in [6.07, 6.45) is 1.73. The number of hydrogen-bond acceptors (Lipinski definition) is 4. The molecule has 2 rings (SSSR count). The van der Waals surface area contributed by atoms with Crippen molar-refractivity contribution in [1.29, 1.82) is 0 Å². The summed E-state index contributed by atoms with van der Waals surface area (Å²) >= 11 is 1.48. The van der Waals surface area contributed by atoms with E-state index in [1.165, 1.54) is 11.3 Å². The van der Waals surface area contributed by atoms with Crippen LogP contribution in [0.15, 0.2) is 0 Å². The molecule has 1 saturated heterocycles. The van der Waals surface area contributed by atoms with Gasteiger partial charge in [-0.2, -0.15) is 0 Å². The number of thiazole rings is 1. The topological polar surface area (TPSA) is 63.2 Å². The minimum Gasteiger partial charge on any atom is -0.358 e. The molecule has 1 atom stereocenters. The average Bonchev–Trinajstić information content (AvgIpc) is 2.78. The summed E-state index contributed by atoms with van der Waals surface area (Å²) in [5.41, 5.74) is 0.956. The van der Waals surface area contributed by atoms with Crippen LogP contribution < -0.4 is 10.6 Å². The molecule has 1 fully saturated rings. The van der Waals surface area contributed by atoms with E-state index in [2.05, 4.69) is 15.6 Å². The number of carbonyl (C=O) groups is 1. The van der Waals surface area contributed by atoms with Gasteiger partial charge >= 0.3 is 6.03 Å². The SMILES string of the molecule is Cc1nc(NC(=O)NC2CCCO2)sc1C. The fourth-order valence-electron chi connectivity index (χ4n) is 1.50. The lowest BCUT2D eigenvalue weighted by Crippen LogP contribution is -2.37. The minimum absolute atomic E-state index is 0.151. The fourth-order valence-corrected chi connectivity index (χ4v) is 2.31. The Labute approximate surface area is 98.2 Å². The quantitative estimate of drug-likeness (QED) is 0.832. The normalized spacial score (nSPS) is 19.8. The number of ether oxygens (including phenoxy) is 1. The molecule has 1 aliphatic rings. The van der Waals surface area contributed by atoms with Gasteiger partial charge in [0.15, 0.2) is 5.13 Å². The summed E-state index contributed by atoms with van der Waals surface area (Å²) in [6, 6.07) is -0.249. The number of rotatable bonds is 2. The molecule has 0 aliphatic carbocycles. The molecule has 1 aliphatic heterocycles. The molecule has 2 N–H and O–H groups in total. The second kappa shape index (κ2) is 4.80. The number of amides is 2. The van der Waals surface area contributed by atoms with Gasteiger partial charge in [0.1, 0.15) is 6.23 Å². The first-order valence-electron chi connectivity index (χ1n) is 5.28. The third kappa shape index (κ3) is 2.70. The number of urea groups is 1. The van der Waals surface area contributed by atoms with Crippen LogP contribution in [0.4, 0.5) is 9.93 Å². The van der Waals surface area contributed by atoms with Crippen molar-refractivity contribution in [2.24, 2.45) is 0 Å². The van der Waals surface area contributed by atoms with Gasteiger partial charge in [-0.1, -0.05) is 0 Å². The molecular weight excluding hydrogens is 226 g/mol. The van der Waals surface area contributed by atoms with Crippen LogP contribution in [0.2, 0.25) is 0 Å². The molecule has 1 aromatic heterocycles. The summed E-state index contributed by atoms with van der Waals surface area (Å²) in [6.45, 7) is 4.63. The average molecular weight is 241 g/mol. The van der Waals surface area contributed by atoms with Crippen LogP contribution in [0, 0.1) is 13.8 Å². The maximum absolute atomic E-state index is 11.6. The van der Waals surface area contributed by atoms with E-state index in [-0.39, 0.29) is 12.3 Å². The first-order chi connectivity index (χ1) is 7.65. The van der Waals surface area contributed by atoms with Crippen molar-refractivity contribution in [3.05, 3.63) is 10.6 Å². The molecule has 0 aromatic carbocycles. The van der Waals surface area contributed by atoms with Gasteiger partial charge in [0.05, 0.1) is 5.69 Å². The van der Waals surface area contributed by atoms with Crippen LogP contribution in [0.1, 0.15) is 23.4 Å². The number of aryl methyl sites for hydroxylation is 2. The number of nitrogens with zero attached hydrogens (tertiary/aromatic N) is 1. The first-order valence-corrected chi connectivity index (χ1v) is 6.10. The van der Waals surface area contributed by atoms with E-state index in [4.69, 9.17) is 4.74 Å². The molecule has 0 bridgehead atoms. The highest BCUT2D eigenvalue weighted by Crippen LogP contribution is 2.21. The van der Waals surface area contributed by atoms with E-state index in [9.17, 15) is 4.79 Å². The molecule has 5 nitrogen and oxygen atoms in total. The Bertz CT molecular complexity index is 366. The lowest BCUT2D eigenvalue weighted by molar-refractivity contribution is 0.0928. The minimum atomic E-state index is -0.249. The number of anilines is 1. The number of aromatic nitrogens is 1. The number of nitrogens with one attached hydrogen (secondary N) is 2. The smallest absolute Gasteiger partial charge is 0.323 e. The van der Waals surface area contributed by atoms with Crippen LogP contribution in [-0.2, 0) is 4.74 Å². The summed E-state index contributed by atoms with van der Waals surface area (Å²) in [5.74, 6) is 0. The van der Waals surface area contributed by atoms with Crippen molar-refractivity contribution in [1.82, 2.24) is 10.3 Å². The highest BCUT2D eigenvalue weighted by molar-refractivity contribution is 7.15. The molecule has 16 heavy (non-hydrogen) atoms. The van der Waals surface area contributed by atoms with Crippen molar-refractivity contribution in [3.8, 4) is 0 Å². The maximum Gasteiger partial charge on any atom is 0.323 e. The van der Waals surface area contributed by atoms with Crippen LogP contribution in [0.25, 0.3) is 0 Å². The lowest BCUT2D eigenvalue weighted by atomic mass is 10.3. The predicted molar refractivity (Wildman–Crippen MR) is 62.7 cm³/mol. The molecular formula is C10H15N3O2S. The van der Waals surface area contributed by atoms with E-state index in [1.54, 1.807) is 0 Å². The van der Waals surface area contributed by atoms with E-state index in [0.29, 0.717) is 5.13 Å². The molecule has 2 amide bonds. The zero-order valence-electron chi connectivity index (χ0n) is 9.37. The third-order valence-corrected chi connectivity index (χ3v) is 3.46. The molecule has 6 heteroatoms. The van der Waals surface area contributed by atoms with E-state index < -0.39 is 0 Å². The van der Waals surface area contributed by atoms with Gasteiger partial charge in [-0.25, -0.2) is 9.78 Å². The van der Waals surface area contributed by atoms with Crippen molar-refractivity contribution in [2.75, 3.05) is 11.9 Å². The highest BCUT2D eigenvalue weighted by Gasteiger charge is 2.18. The van der Waals surface area contributed by atoms with Crippen molar-refractivity contribution in [3.63, 3.8) is 0 Å². The van der Waals surface area contributed by atoms with Crippen LogP contribution in [0.5, 0.6) is 0 Å². The molecule has 88 valence electrons. The van der Waals surface area contributed by atoms with Gasteiger partial charge in [0, 0.05) is 11.5 Å². The van der Waals surface area contributed by atoms with Crippen LogP contribution in [0.3, 0.4) is 0 Å². The van der Waals surface area contributed by atoms with E-state index in [0.717, 1.165) is 30.0 Å². The molecule has 0 radical (unpaired) electrons. The fraction of sp³-hybridized carbons (Fsp3) is 0.600. The van der Waals surface area contributed by atoms with Gasteiger partial charge in [-0.3, -0.25) is 5.32 Å². The van der Waals surface area contributed by atoms with Crippen LogP contribution >= 0.6 is 11.3 Å². The Kier molecular flexibility index (Phi) is 3.40. The first kappa shape index (κ1) is 11.3. The molecule has 0 saturated carbocycles. The largest absolute Gasteiger partial charge is 0.358 e. The number of hydrogen-bond donors (Lipinski definition) is 2. The van der Waals surface area contributed by atoms with Crippen molar-refractivity contribution in [2.45, 2.75) is 32.9 Å². The Morgan fingerprint density at radius 3 is 2.94 bits per heavy atom. The predicted octanol–water partition coefficient (Wildman–Crippen LogP) is 2.02. The van der Waals surface area contributed by atoms with Gasteiger partial charge in [-0.15, -0.1) is 11.3 Å². The summed E-state index contributed by atoms with van der Waals surface area (Å²) in [5, 5.41) is 6.09. The third-order valence-electron chi connectivity index (χ3n) is 2.47. The standard InChI is InChI=1S/C10H15N3O2S/c1-6-7(2)16-10(11-6)13-9(14)12-8-4-3-5-15-8/h8H,3-5H2,1-2H3,(H2,11,12,13,14). The monoisotopic (exact) mass is 241 g/mol. The van der Waals surface area contributed by atoms with E-state index >= 15 is 0 Å². The molecule has 1 unspecified atom stereocenters. The Morgan fingerprint density at radius 2 is 2.38 bits per heavy atom. The van der Waals surface area contributed by atoms with E-state index in [1.807, 2.05) is 13.8 Å². The van der Waals surface area contributed by atoms with Gasteiger partial charge in [-0.05, 0) is 26.7 Å². The summed E-state index contributed by atoms with van der Waals surface area (Å²) in [4.78, 5) is 16.9. The zero-order valence-corrected chi connectivity index (χ0v) is 10.2. The Morgan fingerprint density at radius 1 is 1.56 bits per heavy atom. The summed E-state index contributed by atoms with van der Waals surface area (Å²) in [7, 11) is 0. The number of carbonyl (C=O) groups excluding carboxylic acids is 1. The highest BCUT2D eigenvalue weighted by atomic mass is 32.1. The maximum atomic E-state index is 11.6. The Balaban J connectivity index is 1.86.